The molecule has 0 radical (unpaired) electrons. The highest BCUT2D eigenvalue weighted by molar-refractivity contribution is 8.00. The monoisotopic (exact) mass is 403 g/mol. The minimum Gasteiger partial charge on any atom is -0.307 e. The molecule has 0 fully saturated rings. The topological polar surface area (TPSA) is 70.2 Å². The first-order valence-corrected chi connectivity index (χ1v) is 8.52. The molecule has 0 unspecified atom stereocenters. The van der Waals surface area contributed by atoms with Crippen LogP contribution in [0, 0.1) is 0 Å². The van der Waals surface area contributed by atoms with Crippen LogP contribution >= 0.6 is 23.4 Å². The number of alkyl halides is 3. The zero-order chi connectivity index (χ0) is 19.2. The van der Waals surface area contributed by atoms with Gasteiger partial charge in [-0.25, -0.2) is 10.2 Å². The van der Waals surface area contributed by atoms with Crippen molar-refractivity contribution in [1.82, 2.24) is 10.9 Å². The van der Waals surface area contributed by atoms with Crippen molar-refractivity contribution in [3.8, 4) is 0 Å². The number of hydrogen-bond acceptors (Lipinski definition) is 3. The van der Waals surface area contributed by atoms with Gasteiger partial charge in [0.25, 0.3) is 0 Å². The molecule has 0 aliphatic rings. The zero-order valence-corrected chi connectivity index (χ0v) is 14.6. The Kier molecular flexibility index (Phi) is 6.76. The second-order valence-corrected chi connectivity index (χ2v) is 6.44. The molecule has 3 N–H and O–H groups in total. The lowest BCUT2D eigenvalue weighted by Crippen LogP contribution is -2.44. The lowest BCUT2D eigenvalue weighted by Gasteiger charge is -2.11. The highest BCUT2D eigenvalue weighted by Crippen LogP contribution is 2.30. The number of anilines is 1. The van der Waals surface area contributed by atoms with Crippen LogP contribution in [0.4, 0.5) is 23.7 Å². The van der Waals surface area contributed by atoms with Crippen LogP contribution in [0.2, 0.25) is 5.02 Å². The number of hydrazine groups is 1. The summed E-state index contributed by atoms with van der Waals surface area (Å²) in [5.74, 6) is -0.473. The number of thioether (sulfide) groups is 1. The molecule has 0 heterocycles. The van der Waals surface area contributed by atoms with Crippen molar-refractivity contribution in [1.29, 1.82) is 0 Å². The number of amides is 3. The van der Waals surface area contributed by atoms with Gasteiger partial charge in [0, 0.05) is 15.6 Å². The van der Waals surface area contributed by atoms with Gasteiger partial charge in [-0.3, -0.25) is 10.2 Å². The molecule has 10 heteroatoms. The van der Waals surface area contributed by atoms with Crippen LogP contribution in [0.3, 0.4) is 0 Å². The van der Waals surface area contributed by atoms with E-state index in [4.69, 9.17) is 11.6 Å². The number of carbonyl (C=O) groups excluding carboxylic acids is 2. The Bertz CT molecular complexity index is 802. The molecule has 0 aliphatic carbocycles. The van der Waals surface area contributed by atoms with Crippen LogP contribution < -0.4 is 16.2 Å². The first-order chi connectivity index (χ1) is 12.2. The number of carbonyl (C=O) groups is 2. The van der Waals surface area contributed by atoms with E-state index in [1.54, 1.807) is 24.3 Å². The summed E-state index contributed by atoms with van der Waals surface area (Å²) in [6.45, 7) is 0. The molecule has 2 aromatic rings. The van der Waals surface area contributed by atoms with Gasteiger partial charge in [0.2, 0.25) is 5.91 Å². The van der Waals surface area contributed by atoms with E-state index in [-0.39, 0.29) is 11.4 Å². The summed E-state index contributed by atoms with van der Waals surface area (Å²) in [5, 5.41) is 2.74. The third-order valence-corrected chi connectivity index (χ3v) is 4.16. The third kappa shape index (κ3) is 6.49. The Labute approximate surface area is 156 Å². The normalized spacial score (nSPS) is 10.9. The maximum atomic E-state index is 12.6. The maximum absolute atomic E-state index is 12.6. The largest absolute Gasteiger partial charge is 0.416 e. The lowest BCUT2D eigenvalue weighted by molar-refractivity contribution is -0.137. The van der Waals surface area contributed by atoms with Gasteiger partial charge in [-0.15, -0.1) is 11.8 Å². The fourth-order valence-corrected chi connectivity index (χ4v) is 2.81. The average Bonchev–Trinajstić information content (AvgIpc) is 2.58. The first-order valence-electron chi connectivity index (χ1n) is 7.15. The molecular formula is C16H13ClF3N3O2S. The average molecular weight is 404 g/mol. The SMILES string of the molecule is O=C(CSc1cccc(Cl)c1)NNC(=O)Nc1cccc(C(F)(F)F)c1. The Hall–Kier alpha value is -2.39. The van der Waals surface area contributed by atoms with Gasteiger partial charge in [-0.05, 0) is 36.4 Å². The number of benzene rings is 2. The van der Waals surface area contributed by atoms with Crippen molar-refractivity contribution < 1.29 is 22.8 Å². The van der Waals surface area contributed by atoms with Crippen LogP contribution in [0.15, 0.2) is 53.4 Å². The molecule has 0 saturated heterocycles. The fourth-order valence-electron chi connectivity index (χ4n) is 1.80. The fraction of sp³-hybridized carbons (Fsp3) is 0.125. The van der Waals surface area contributed by atoms with Crippen molar-refractivity contribution in [3.63, 3.8) is 0 Å². The second-order valence-electron chi connectivity index (χ2n) is 4.95. The Morgan fingerprint density at radius 2 is 1.77 bits per heavy atom. The number of nitrogens with one attached hydrogen (secondary N) is 3. The second kappa shape index (κ2) is 8.81. The summed E-state index contributed by atoms with van der Waals surface area (Å²) < 4.78 is 37.8. The summed E-state index contributed by atoms with van der Waals surface area (Å²) in [6.07, 6.45) is -4.51. The molecule has 2 rings (SSSR count). The van der Waals surface area contributed by atoms with E-state index in [0.717, 1.165) is 17.0 Å². The predicted octanol–water partition coefficient (Wildman–Crippen LogP) is 4.30. The Balaban J connectivity index is 1.78. The summed E-state index contributed by atoms with van der Waals surface area (Å²) in [6, 6.07) is 10.2. The Morgan fingerprint density at radius 3 is 2.46 bits per heavy atom. The van der Waals surface area contributed by atoms with Gasteiger partial charge in [0.05, 0.1) is 11.3 Å². The van der Waals surface area contributed by atoms with Crippen molar-refractivity contribution >= 4 is 41.0 Å². The molecular weight excluding hydrogens is 391 g/mol. The molecule has 3 amide bonds. The molecule has 138 valence electrons. The van der Waals surface area contributed by atoms with Gasteiger partial charge in [0.1, 0.15) is 0 Å². The lowest BCUT2D eigenvalue weighted by atomic mass is 10.2. The van der Waals surface area contributed by atoms with E-state index >= 15 is 0 Å². The minimum absolute atomic E-state index is 0.0180. The van der Waals surface area contributed by atoms with Crippen LogP contribution in [-0.4, -0.2) is 17.7 Å². The number of urea groups is 1. The Morgan fingerprint density at radius 1 is 1.04 bits per heavy atom. The quantitative estimate of drug-likeness (QED) is 0.526. The van der Waals surface area contributed by atoms with Gasteiger partial charge in [-0.2, -0.15) is 13.2 Å². The van der Waals surface area contributed by atoms with Crippen LogP contribution in [0.25, 0.3) is 0 Å². The molecule has 2 aromatic carbocycles. The van der Waals surface area contributed by atoms with Crippen molar-refractivity contribution in [2.75, 3.05) is 11.1 Å². The highest BCUT2D eigenvalue weighted by Gasteiger charge is 2.30. The van der Waals surface area contributed by atoms with Crippen molar-refractivity contribution in [3.05, 3.63) is 59.1 Å². The summed E-state index contributed by atoms with van der Waals surface area (Å²) >= 11 is 7.04. The highest BCUT2D eigenvalue weighted by atomic mass is 35.5. The summed E-state index contributed by atoms with van der Waals surface area (Å²) in [7, 11) is 0. The van der Waals surface area contributed by atoms with E-state index in [1.807, 2.05) is 0 Å². The van der Waals surface area contributed by atoms with Crippen LogP contribution in [0.5, 0.6) is 0 Å². The number of halogens is 4. The zero-order valence-electron chi connectivity index (χ0n) is 13.1. The van der Waals surface area contributed by atoms with E-state index in [9.17, 15) is 22.8 Å². The molecule has 5 nitrogen and oxygen atoms in total. The van der Waals surface area contributed by atoms with Crippen LogP contribution in [0.1, 0.15) is 5.56 Å². The van der Waals surface area contributed by atoms with Gasteiger partial charge >= 0.3 is 12.2 Å². The maximum Gasteiger partial charge on any atom is 0.416 e. The molecule has 0 spiro atoms. The number of hydrogen-bond donors (Lipinski definition) is 3. The van der Waals surface area contributed by atoms with Gasteiger partial charge in [-0.1, -0.05) is 23.7 Å². The molecule has 0 aliphatic heterocycles. The van der Waals surface area contributed by atoms with Crippen molar-refractivity contribution in [2.24, 2.45) is 0 Å². The van der Waals surface area contributed by atoms with E-state index in [1.165, 1.54) is 23.9 Å². The molecule has 0 atom stereocenters. The van der Waals surface area contributed by atoms with E-state index < -0.39 is 23.7 Å². The molecule has 0 bridgehead atoms. The minimum atomic E-state index is -4.51. The smallest absolute Gasteiger partial charge is 0.307 e. The predicted molar refractivity (Wildman–Crippen MR) is 93.9 cm³/mol. The van der Waals surface area contributed by atoms with E-state index in [0.29, 0.717) is 5.02 Å². The molecule has 0 saturated carbocycles. The summed E-state index contributed by atoms with van der Waals surface area (Å²) in [4.78, 5) is 24.1. The molecule has 26 heavy (non-hydrogen) atoms. The van der Waals surface area contributed by atoms with Crippen molar-refractivity contribution in [2.45, 2.75) is 11.1 Å². The third-order valence-electron chi connectivity index (χ3n) is 2.93. The summed E-state index contributed by atoms with van der Waals surface area (Å²) in [5.41, 5.74) is 3.27. The van der Waals surface area contributed by atoms with E-state index in [2.05, 4.69) is 16.2 Å². The number of rotatable bonds is 4. The first kappa shape index (κ1) is 19.9. The standard InChI is InChI=1S/C16H13ClF3N3O2S/c17-11-4-2-6-13(8-11)26-9-14(24)22-23-15(25)21-12-5-1-3-10(7-12)16(18,19)20/h1-8H,9H2,(H,22,24)(H2,21,23,25). The van der Waals surface area contributed by atoms with Crippen LogP contribution in [-0.2, 0) is 11.0 Å². The van der Waals surface area contributed by atoms with Gasteiger partial charge in [0.15, 0.2) is 0 Å². The molecule has 0 aromatic heterocycles. The van der Waals surface area contributed by atoms with Gasteiger partial charge < -0.3 is 5.32 Å².